The van der Waals surface area contributed by atoms with Crippen LogP contribution in [-0.4, -0.2) is 57.6 Å². The largest absolute Gasteiger partial charge is 0.494 e. The first-order valence-corrected chi connectivity index (χ1v) is 11.4. The molecule has 0 unspecified atom stereocenters. The van der Waals surface area contributed by atoms with Crippen LogP contribution in [0.1, 0.15) is 12.7 Å². The van der Waals surface area contributed by atoms with Gasteiger partial charge in [-0.3, -0.25) is 9.29 Å². The Morgan fingerprint density at radius 2 is 1.79 bits per heavy atom. The van der Waals surface area contributed by atoms with Crippen molar-refractivity contribution in [1.82, 2.24) is 29.7 Å². The molecule has 0 aliphatic carbocycles. The molecule has 1 N–H and O–H groups in total. The van der Waals surface area contributed by atoms with Crippen LogP contribution in [0.5, 0.6) is 11.5 Å². The van der Waals surface area contributed by atoms with E-state index < -0.39 is 21.1 Å². The maximum Gasteiger partial charge on any atom is 0.243 e. The number of ether oxygens (including phenoxy) is 2. The van der Waals surface area contributed by atoms with Gasteiger partial charge in [0.05, 0.1) is 31.9 Å². The number of sulfonamides is 1. The predicted molar refractivity (Wildman–Crippen MR) is 118 cm³/mol. The van der Waals surface area contributed by atoms with E-state index in [2.05, 4.69) is 29.9 Å². The molecule has 0 aliphatic heterocycles. The number of rotatable bonds is 9. The Morgan fingerprint density at radius 1 is 1.12 bits per heavy atom. The minimum absolute atomic E-state index is 0.0577. The van der Waals surface area contributed by atoms with Gasteiger partial charge in [-0.25, -0.2) is 27.8 Å². The molecular formula is C20H20FN7O5S. The normalized spacial score (nSPS) is 12.4. The topological polar surface area (TPSA) is 147 Å². The maximum absolute atomic E-state index is 13.1. The van der Waals surface area contributed by atoms with Gasteiger partial charge in [0, 0.05) is 6.42 Å². The fraction of sp³-hybridized carbons (Fsp3) is 0.250. The molecule has 0 spiro atoms. The van der Waals surface area contributed by atoms with Gasteiger partial charge >= 0.3 is 0 Å². The molecule has 34 heavy (non-hydrogen) atoms. The summed E-state index contributed by atoms with van der Waals surface area (Å²) < 4.78 is 59.3. The third kappa shape index (κ3) is 4.52. The van der Waals surface area contributed by atoms with E-state index in [1.165, 1.54) is 38.4 Å². The van der Waals surface area contributed by atoms with Crippen molar-refractivity contribution in [3.63, 3.8) is 0 Å². The summed E-state index contributed by atoms with van der Waals surface area (Å²) in [5, 5.41) is 7.16. The summed E-state index contributed by atoms with van der Waals surface area (Å²) in [5.74, 6) is 0.359. The highest BCUT2D eigenvalue weighted by Crippen LogP contribution is 2.37. The molecule has 1 aromatic carbocycles. The summed E-state index contributed by atoms with van der Waals surface area (Å²) in [5.41, 5.74) is 0.654. The average Bonchev–Trinajstić information content (AvgIpc) is 3.49. The van der Waals surface area contributed by atoms with Crippen molar-refractivity contribution in [3.8, 4) is 28.7 Å². The van der Waals surface area contributed by atoms with Gasteiger partial charge in [-0.1, -0.05) is 6.07 Å². The molecular weight excluding hydrogens is 469 g/mol. The Kier molecular flexibility index (Phi) is 6.40. The maximum atomic E-state index is 13.1. The van der Waals surface area contributed by atoms with Crippen molar-refractivity contribution in [2.75, 3.05) is 18.9 Å². The molecule has 0 aliphatic rings. The molecule has 14 heteroatoms. The number of nitrogens with one attached hydrogen (secondary N) is 1. The minimum Gasteiger partial charge on any atom is -0.494 e. The number of hydrogen-bond acceptors (Lipinski definition) is 10. The molecule has 12 nitrogen and oxygen atoms in total. The van der Waals surface area contributed by atoms with E-state index in [1.807, 2.05) is 0 Å². The zero-order valence-electron chi connectivity index (χ0n) is 18.3. The van der Waals surface area contributed by atoms with Crippen LogP contribution in [0.3, 0.4) is 0 Å². The number of para-hydroxylation sites is 1. The van der Waals surface area contributed by atoms with Gasteiger partial charge in [0.15, 0.2) is 18.0 Å². The summed E-state index contributed by atoms with van der Waals surface area (Å²) in [7, 11) is -1.09. The van der Waals surface area contributed by atoms with Crippen LogP contribution in [0.15, 0.2) is 47.7 Å². The quantitative estimate of drug-likeness (QED) is 0.371. The summed E-state index contributed by atoms with van der Waals surface area (Å²) in [4.78, 5) is 11.7. The number of methoxy groups -OCH3 is 2. The standard InChI is InChI=1S/C20H20FN7O5S/c1-12(7-17-22-8-13(21)9-23-17)34(29,30)27-20-26-25-19(14-10-33-11-24-14)28(20)18-15(31-2)5-4-6-16(18)32-3/h4-6,8-12H,7H2,1-3H3,(H,26,27)/t12-/m0/s1. The SMILES string of the molecule is COc1cccc(OC)c1-n1c(NS(=O)(=O)[C@@H](C)Cc2ncc(F)cn2)nnc1-c1cocn1. The molecule has 0 saturated carbocycles. The van der Waals surface area contributed by atoms with Crippen molar-refractivity contribution in [2.45, 2.75) is 18.6 Å². The summed E-state index contributed by atoms with van der Waals surface area (Å²) in [6, 6.07) is 5.07. The average molecular weight is 489 g/mol. The van der Waals surface area contributed by atoms with Crippen LogP contribution >= 0.6 is 0 Å². The van der Waals surface area contributed by atoms with E-state index in [1.54, 1.807) is 18.2 Å². The number of halogens is 1. The number of anilines is 1. The van der Waals surface area contributed by atoms with Crippen LogP contribution < -0.4 is 14.2 Å². The molecule has 4 rings (SSSR count). The first-order chi connectivity index (χ1) is 16.3. The molecule has 178 valence electrons. The second-order valence-electron chi connectivity index (χ2n) is 7.05. The first-order valence-electron chi connectivity index (χ1n) is 9.87. The zero-order chi connectivity index (χ0) is 24.3. The second kappa shape index (κ2) is 9.43. The molecule has 0 saturated heterocycles. The van der Waals surface area contributed by atoms with Crippen LogP contribution in [0.25, 0.3) is 17.2 Å². The van der Waals surface area contributed by atoms with E-state index in [9.17, 15) is 12.8 Å². The van der Waals surface area contributed by atoms with Crippen LogP contribution in [-0.2, 0) is 16.4 Å². The monoisotopic (exact) mass is 489 g/mol. The molecule has 0 amide bonds. The van der Waals surface area contributed by atoms with Crippen molar-refractivity contribution < 1.29 is 26.7 Å². The Balaban J connectivity index is 1.77. The lowest BCUT2D eigenvalue weighted by molar-refractivity contribution is 0.391. The fourth-order valence-corrected chi connectivity index (χ4v) is 4.10. The molecule has 3 aromatic heterocycles. The number of aromatic nitrogens is 6. The van der Waals surface area contributed by atoms with Crippen LogP contribution in [0, 0.1) is 5.82 Å². The van der Waals surface area contributed by atoms with Gasteiger partial charge in [-0.15, -0.1) is 10.2 Å². The summed E-state index contributed by atoms with van der Waals surface area (Å²) in [6.07, 6.45) is 4.45. The van der Waals surface area contributed by atoms with E-state index in [4.69, 9.17) is 13.9 Å². The number of nitrogens with zero attached hydrogens (tertiary/aromatic N) is 6. The molecule has 1 atom stereocenters. The minimum atomic E-state index is -4.02. The highest BCUT2D eigenvalue weighted by Gasteiger charge is 2.29. The van der Waals surface area contributed by atoms with Gasteiger partial charge in [0.2, 0.25) is 16.0 Å². The van der Waals surface area contributed by atoms with Crippen molar-refractivity contribution in [2.24, 2.45) is 0 Å². The highest BCUT2D eigenvalue weighted by atomic mass is 32.2. The lowest BCUT2D eigenvalue weighted by atomic mass is 10.2. The summed E-state index contributed by atoms with van der Waals surface area (Å²) >= 11 is 0. The first kappa shape index (κ1) is 23.1. The third-order valence-corrected chi connectivity index (χ3v) is 6.55. The van der Waals surface area contributed by atoms with Gasteiger partial charge in [0.25, 0.3) is 0 Å². The molecule has 0 bridgehead atoms. The van der Waals surface area contributed by atoms with Gasteiger partial charge in [-0.2, -0.15) is 0 Å². The Hall–Kier alpha value is -4.07. The van der Waals surface area contributed by atoms with Crippen molar-refractivity contribution in [1.29, 1.82) is 0 Å². The Bertz CT molecular complexity index is 1350. The summed E-state index contributed by atoms with van der Waals surface area (Å²) in [6.45, 7) is 1.47. The predicted octanol–water partition coefficient (Wildman–Crippen LogP) is 2.24. The Labute approximate surface area is 193 Å². The Morgan fingerprint density at radius 3 is 2.38 bits per heavy atom. The van der Waals surface area contributed by atoms with Gasteiger partial charge in [0.1, 0.15) is 35.0 Å². The molecule has 0 fully saturated rings. The highest BCUT2D eigenvalue weighted by molar-refractivity contribution is 7.93. The number of oxazole rings is 1. The number of hydrogen-bond donors (Lipinski definition) is 1. The van der Waals surface area contributed by atoms with Crippen LogP contribution in [0.4, 0.5) is 10.3 Å². The van der Waals surface area contributed by atoms with Gasteiger partial charge in [-0.05, 0) is 19.1 Å². The van der Waals surface area contributed by atoms with Crippen molar-refractivity contribution in [3.05, 3.63) is 54.9 Å². The molecule has 3 heterocycles. The van der Waals surface area contributed by atoms with E-state index >= 15 is 0 Å². The lowest BCUT2D eigenvalue weighted by Gasteiger charge is -2.18. The smallest absolute Gasteiger partial charge is 0.243 e. The van der Waals surface area contributed by atoms with E-state index in [0.29, 0.717) is 22.9 Å². The van der Waals surface area contributed by atoms with Gasteiger partial charge < -0.3 is 13.9 Å². The lowest BCUT2D eigenvalue weighted by Crippen LogP contribution is -2.29. The molecule has 0 radical (unpaired) electrons. The fourth-order valence-electron chi connectivity index (χ4n) is 3.14. The van der Waals surface area contributed by atoms with E-state index in [-0.39, 0.29) is 24.0 Å². The van der Waals surface area contributed by atoms with Crippen molar-refractivity contribution >= 4 is 16.0 Å². The third-order valence-electron chi connectivity index (χ3n) is 4.86. The number of benzene rings is 1. The molecule has 4 aromatic rings. The van der Waals surface area contributed by atoms with E-state index in [0.717, 1.165) is 12.4 Å². The zero-order valence-corrected chi connectivity index (χ0v) is 19.2. The second-order valence-corrected chi connectivity index (χ2v) is 9.15. The van der Waals surface area contributed by atoms with Crippen LogP contribution in [0.2, 0.25) is 0 Å².